The van der Waals surface area contributed by atoms with Gasteiger partial charge in [-0.05, 0) is 37.1 Å². The highest BCUT2D eigenvalue weighted by atomic mass is 32.2. The number of rotatable bonds is 4. The zero-order chi connectivity index (χ0) is 10.7. The second-order valence-electron chi connectivity index (χ2n) is 3.87. The van der Waals surface area contributed by atoms with E-state index in [0.717, 1.165) is 12.8 Å². The monoisotopic (exact) mass is 240 g/mol. The van der Waals surface area contributed by atoms with Crippen LogP contribution in [0.5, 0.6) is 0 Å². The molecule has 2 rings (SSSR count). The van der Waals surface area contributed by atoms with Crippen LogP contribution >= 0.6 is 23.1 Å². The van der Waals surface area contributed by atoms with E-state index in [9.17, 15) is 4.79 Å². The Labute approximate surface area is 99.3 Å². The van der Waals surface area contributed by atoms with E-state index in [1.54, 1.807) is 11.3 Å². The number of aryl methyl sites for hydroxylation is 1. The summed E-state index contributed by atoms with van der Waals surface area (Å²) >= 11 is 3.63. The SMILES string of the molecule is CCc1ccc(CC(=O)C2CCCS2)s1. The highest BCUT2D eigenvalue weighted by Crippen LogP contribution is 2.28. The Kier molecular flexibility index (Phi) is 3.87. The second-order valence-corrected chi connectivity index (χ2v) is 6.43. The topological polar surface area (TPSA) is 17.1 Å². The molecule has 0 amide bonds. The summed E-state index contributed by atoms with van der Waals surface area (Å²) in [7, 11) is 0. The Balaban J connectivity index is 1.92. The van der Waals surface area contributed by atoms with Crippen LogP contribution in [0.3, 0.4) is 0 Å². The van der Waals surface area contributed by atoms with Crippen molar-refractivity contribution in [2.24, 2.45) is 0 Å². The number of hydrogen-bond donors (Lipinski definition) is 0. The van der Waals surface area contributed by atoms with Crippen LogP contribution in [0.25, 0.3) is 0 Å². The summed E-state index contributed by atoms with van der Waals surface area (Å²) in [4.78, 5) is 14.5. The summed E-state index contributed by atoms with van der Waals surface area (Å²) in [5.41, 5.74) is 0. The molecule has 1 nitrogen and oxygen atoms in total. The molecule has 0 aliphatic carbocycles. The standard InChI is InChI=1S/C12H16OS2/c1-2-9-5-6-10(15-9)8-11(13)12-4-3-7-14-12/h5-6,12H,2-4,7-8H2,1H3. The van der Waals surface area contributed by atoms with Gasteiger partial charge < -0.3 is 0 Å². The van der Waals surface area contributed by atoms with Crippen molar-refractivity contribution in [3.8, 4) is 0 Å². The van der Waals surface area contributed by atoms with Gasteiger partial charge >= 0.3 is 0 Å². The summed E-state index contributed by atoms with van der Waals surface area (Å²) in [6.45, 7) is 2.16. The van der Waals surface area contributed by atoms with Gasteiger partial charge in [-0.3, -0.25) is 4.79 Å². The smallest absolute Gasteiger partial charge is 0.150 e. The minimum atomic E-state index is 0.289. The lowest BCUT2D eigenvalue weighted by Crippen LogP contribution is -2.15. The van der Waals surface area contributed by atoms with Gasteiger partial charge in [0.25, 0.3) is 0 Å². The van der Waals surface area contributed by atoms with Crippen molar-refractivity contribution >= 4 is 28.9 Å². The highest BCUT2D eigenvalue weighted by molar-refractivity contribution is 8.00. The van der Waals surface area contributed by atoms with Gasteiger partial charge in [-0.1, -0.05) is 6.92 Å². The molecule has 1 aliphatic rings. The first kappa shape index (κ1) is 11.2. The predicted molar refractivity (Wildman–Crippen MR) is 67.9 cm³/mol. The molecule has 1 fully saturated rings. The Morgan fingerprint density at radius 2 is 2.27 bits per heavy atom. The molecule has 1 aliphatic heterocycles. The third-order valence-electron chi connectivity index (χ3n) is 2.70. The van der Waals surface area contributed by atoms with Crippen LogP contribution in [0.15, 0.2) is 12.1 Å². The Morgan fingerprint density at radius 1 is 1.47 bits per heavy atom. The van der Waals surface area contributed by atoms with Crippen molar-refractivity contribution in [3.63, 3.8) is 0 Å². The lowest BCUT2D eigenvalue weighted by molar-refractivity contribution is -0.117. The second kappa shape index (κ2) is 5.17. The number of thiophene rings is 1. The fraction of sp³-hybridized carbons (Fsp3) is 0.583. The lowest BCUT2D eigenvalue weighted by atomic mass is 10.1. The van der Waals surface area contributed by atoms with Crippen LogP contribution in [-0.2, 0) is 17.6 Å². The molecule has 82 valence electrons. The predicted octanol–water partition coefficient (Wildman–Crippen LogP) is 3.32. The molecular weight excluding hydrogens is 224 g/mol. The van der Waals surface area contributed by atoms with Crippen LogP contribution in [-0.4, -0.2) is 16.8 Å². The fourth-order valence-corrected chi connectivity index (χ4v) is 4.01. The van der Waals surface area contributed by atoms with E-state index in [-0.39, 0.29) is 5.25 Å². The molecule has 0 spiro atoms. The molecule has 0 saturated carbocycles. The molecule has 1 atom stereocenters. The van der Waals surface area contributed by atoms with E-state index in [4.69, 9.17) is 0 Å². The first-order valence-electron chi connectivity index (χ1n) is 5.51. The molecule has 0 aromatic carbocycles. The van der Waals surface area contributed by atoms with Crippen molar-refractivity contribution in [1.82, 2.24) is 0 Å². The van der Waals surface area contributed by atoms with E-state index < -0.39 is 0 Å². The third kappa shape index (κ3) is 2.85. The highest BCUT2D eigenvalue weighted by Gasteiger charge is 2.23. The van der Waals surface area contributed by atoms with Gasteiger partial charge in [0.2, 0.25) is 0 Å². The first-order valence-corrected chi connectivity index (χ1v) is 7.38. The summed E-state index contributed by atoms with van der Waals surface area (Å²) in [6.07, 6.45) is 4.04. The number of thioether (sulfide) groups is 1. The number of carbonyl (C=O) groups is 1. The van der Waals surface area contributed by atoms with E-state index in [1.807, 2.05) is 11.8 Å². The molecule has 0 N–H and O–H groups in total. The molecule has 1 aromatic rings. The van der Waals surface area contributed by atoms with Crippen LogP contribution in [0.2, 0.25) is 0 Å². The minimum absolute atomic E-state index is 0.289. The van der Waals surface area contributed by atoms with Crippen molar-refractivity contribution in [1.29, 1.82) is 0 Å². The quantitative estimate of drug-likeness (QED) is 0.803. The Morgan fingerprint density at radius 3 is 2.87 bits per heavy atom. The molecule has 3 heteroatoms. The number of Topliss-reactive ketones (excluding diaryl/α,β-unsaturated/α-hetero) is 1. The zero-order valence-corrected chi connectivity index (χ0v) is 10.6. The summed E-state index contributed by atoms with van der Waals surface area (Å²) in [6, 6.07) is 4.26. The summed E-state index contributed by atoms with van der Waals surface area (Å²) in [5, 5.41) is 0.289. The van der Waals surface area contributed by atoms with E-state index in [2.05, 4.69) is 19.1 Å². The number of hydrogen-bond acceptors (Lipinski definition) is 3. The van der Waals surface area contributed by atoms with Crippen molar-refractivity contribution in [2.75, 3.05) is 5.75 Å². The van der Waals surface area contributed by atoms with Crippen LogP contribution in [0.4, 0.5) is 0 Å². The van der Waals surface area contributed by atoms with E-state index in [1.165, 1.54) is 21.9 Å². The fourth-order valence-electron chi connectivity index (χ4n) is 1.82. The Hall–Kier alpha value is -0.280. The van der Waals surface area contributed by atoms with Crippen molar-refractivity contribution in [2.45, 2.75) is 37.9 Å². The normalized spacial score (nSPS) is 20.7. The molecule has 1 aromatic heterocycles. The van der Waals surface area contributed by atoms with Gasteiger partial charge in [-0.2, -0.15) is 11.8 Å². The van der Waals surface area contributed by atoms with Crippen LogP contribution in [0.1, 0.15) is 29.5 Å². The largest absolute Gasteiger partial charge is 0.298 e. The van der Waals surface area contributed by atoms with Crippen molar-refractivity contribution < 1.29 is 4.79 Å². The molecule has 0 bridgehead atoms. The molecular formula is C12H16OS2. The summed E-state index contributed by atoms with van der Waals surface area (Å²) < 4.78 is 0. The van der Waals surface area contributed by atoms with Crippen LogP contribution < -0.4 is 0 Å². The van der Waals surface area contributed by atoms with Crippen molar-refractivity contribution in [3.05, 3.63) is 21.9 Å². The molecule has 15 heavy (non-hydrogen) atoms. The summed E-state index contributed by atoms with van der Waals surface area (Å²) in [5.74, 6) is 1.60. The maximum atomic E-state index is 11.9. The molecule has 2 heterocycles. The van der Waals surface area contributed by atoms with Gasteiger partial charge in [0.1, 0.15) is 0 Å². The maximum Gasteiger partial charge on any atom is 0.150 e. The van der Waals surface area contributed by atoms with Gasteiger partial charge in [-0.15, -0.1) is 11.3 Å². The van der Waals surface area contributed by atoms with Gasteiger partial charge in [0, 0.05) is 16.2 Å². The number of carbonyl (C=O) groups excluding carboxylic acids is 1. The zero-order valence-electron chi connectivity index (χ0n) is 8.99. The number of ketones is 1. The molecule has 1 saturated heterocycles. The minimum Gasteiger partial charge on any atom is -0.298 e. The van der Waals surface area contributed by atoms with Gasteiger partial charge in [0.15, 0.2) is 5.78 Å². The van der Waals surface area contributed by atoms with Gasteiger partial charge in [-0.25, -0.2) is 0 Å². The molecule has 0 radical (unpaired) electrons. The van der Waals surface area contributed by atoms with E-state index >= 15 is 0 Å². The van der Waals surface area contributed by atoms with E-state index in [0.29, 0.717) is 12.2 Å². The average molecular weight is 240 g/mol. The first-order chi connectivity index (χ1) is 7.29. The third-order valence-corrected chi connectivity index (χ3v) is 5.36. The Bertz CT molecular complexity index is 337. The van der Waals surface area contributed by atoms with Gasteiger partial charge in [0.05, 0.1) is 5.25 Å². The maximum absolute atomic E-state index is 11.9. The average Bonchev–Trinajstić information content (AvgIpc) is 2.87. The molecule has 1 unspecified atom stereocenters. The lowest BCUT2D eigenvalue weighted by Gasteiger charge is -2.05. The van der Waals surface area contributed by atoms with Crippen LogP contribution in [0, 0.1) is 0 Å².